The molecule has 0 spiro atoms. The molecule has 0 amide bonds. The van der Waals surface area contributed by atoms with Gasteiger partial charge in [-0.2, -0.15) is 0 Å². The van der Waals surface area contributed by atoms with Crippen LogP contribution in [0.1, 0.15) is 21.5 Å². The normalized spacial score (nSPS) is 15.2. The van der Waals surface area contributed by atoms with Crippen LogP contribution >= 0.6 is 0 Å². The lowest BCUT2D eigenvalue weighted by atomic mass is 10.1. The molecule has 0 radical (unpaired) electrons. The fourth-order valence-corrected chi connectivity index (χ4v) is 2.08. The van der Waals surface area contributed by atoms with Gasteiger partial charge in [0.05, 0.1) is 12.7 Å². The van der Waals surface area contributed by atoms with E-state index in [2.05, 4.69) is 0 Å². The second-order valence-electron chi connectivity index (χ2n) is 4.22. The fraction of sp³-hybridized carbons (Fsp3) is 0.0625. The number of ether oxygens (including phenoxy) is 2. The molecule has 0 saturated carbocycles. The number of rotatable bonds is 2. The summed E-state index contributed by atoms with van der Waals surface area (Å²) in [5, 5.41) is 0. The van der Waals surface area contributed by atoms with Gasteiger partial charge in [0.25, 0.3) is 0 Å². The lowest BCUT2D eigenvalue weighted by molar-refractivity contribution is 0.0717. The molecule has 3 heteroatoms. The fourth-order valence-electron chi connectivity index (χ4n) is 2.08. The molecule has 2 aromatic carbocycles. The minimum Gasteiger partial charge on any atom is -0.497 e. The Labute approximate surface area is 111 Å². The largest absolute Gasteiger partial charge is 0.497 e. The Bertz CT molecular complexity index is 671. The van der Waals surface area contributed by atoms with E-state index in [1.165, 1.54) is 0 Å². The number of hydrogen-bond acceptors (Lipinski definition) is 3. The van der Waals surface area contributed by atoms with Gasteiger partial charge in [0.1, 0.15) is 11.5 Å². The van der Waals surface area contributed by atoms with Gasteiger partial charge in [-0.1, -0.05) is 30.3 Å². The molecule has 0 aromatic heterocycles. The number of fused-ring (bicyclic) bond motifs is 1. The highest BCUT2D eigenvalue weighted by Crippen LogP contribution is 2.31. The van der Waals surface area contributed by atoms with Crippen molar-refractivity contribution in [1.29, 1.82) is 0 Å². The standard InChI is InChI=1S/C16H12O3/c1-18-12-6-4-5-11(9-12)10-15-13-7-2-3-8-14(13)16(17)19-15/h2-10H,1H3. The maximum atomic E-state index is 11.7. The van der Waals surface area contributed by atoms with Gasteiger partial charge in [0.2, 0.25) is 0 Å². The Balaban J connectivity index is 2.03. The van der Waals surface area contributed by atoms with Crippen LogP contribution in [-0.4, -0.2) is 13.1 Å². The highest BCUT2D eigenvalue weighted by atomic mass is 16.5. The minimum absolute atomic E-state index is 0.301. The van der Waals surface area contributed by atoms with Gasteiger partial charge in [0.15, 0.2) is 0 Å². The zero-order chi connectivity index (χ0) is 13.2. The maximum Gasteiger partial charge on any atom is 0.344 e. The van der Waals surface area contributed by atoms with Crippen LogP contribution in [0.4, 0.5) is 0 Å². The average Bonchev–Trinajstić information content (AvgIpc) is 2.76. The van der Waals surface area contributed by atoms with E-state index >= 15 is 0 Å². The smallest absolute Gasteiger partial charge is 0.344 e. The molecule has 94 valence electrons. The third-order valence-electron chi connectivity index (χ3n) is 3.01. The van der Waals surface area contributed by atoms with Crippen LogP contribution in [0.2, 0.25) is 0 Å². The second kappa shape index (κ2) is 4.61. The molecule has 1 aliphatic heterocycles. The lowest BCUT2D eigenvalue weighted by Gasteiger charge is -2.02. The first-order chi connectivity index (χ1) is 9.28. The summed E-state index contributed by atoms with van der Waals surface area (Å²) in [6.45, 7) is 0. The zero-order valence-electron chi connectivity index (χ0n) is 10.4. The van der Waals surface area contributed by atoms with E-state index < -0.39 is 0 Å². The summed E-state index contributed by atoms with van der Waals surface area (Å²) in [5.41, 5.74) is 2.37. The monoisotopic (exact) mass is 252 g/mol. The van der Waals surface area contributed by atoms with Crippen molar-refractivity contribution in [2.45, 2.75) is 0 Å². The molecule has 0 N–H and O–H groups in total. The van der Waals surface area contributed by atoms with E-state index in [1.807, 2.05) is 48.5 Å². The van der Waals surface area contributed by atoms with Crippen LogP contribution < -0.4 is 4.74 Å². The predicted octanol–water partition coefficient (Wildman–Crippen LogP) is 3.36. The summed E-state index contributed by atoms with van der Waals surface area (Å²) in [5.74, 6) is 1.05. The van der Waals surface area contributed by atoms with E-state index in [-0.39, 0.29) is 5.97 Å². The molecule has 1 heterocycles. The number of benzene rings is 2. The highest BCUT2D eigenvalue weighted by molar-refractivity contribution is 6.05. The summed E-state index contributed by atoms with van der Waals surface area (Å²) >= 11 is 0. The van der Waals surface area contributed by atoms with Crippen molar-refractivity contribution < 1.29 is 14.3 Å². The van der Waals surface area contributed by atoms with Crippen LogP contribution in [0.3, 0.4) is 0 Å². The van der Waals surface area contributed by atoms with E-state index in [0.29, 0.717) is 11.3 Å². The first-order valence-corrected chi connectivity index (χ1v) is 5.95. The van der Waals surface area contributed by atoms with Gasteiger partial charge in [0, 0.05) is 5.56 Å². The van der Waals surface area contributed by atoms with Crippen molar-refractivity contribution in [1.82, 2.24) is 0 Å². The third kappa shape index (κ3) is 2.10. The first kappa shape index (κ1) is 11.5. The SMILES string of the molecule is COc1cccc(C=C2OC(=O)c3ccccc32)c1. The van der Waals surface area contributed by atoms with Crippen LogP contribution in [-0.2, 0) is 4.74 Å². The molecule has 0 bridgehead atoms. The molecule has 1 aliphatic rings. The number of methoxy groups -OCH3 is 1. The molecule has 0 fully saturated rings. The van der Waals surface area contributed by atoms with E-state index in [0.717, 1.165) is 16.9 Å². The van der Waals surface area contributed by atoms with Crippen LogP contribution in [0.15, 0.2) is 48.5 Å². The van der Waals surface area contributed by atoms with Crippen molar-refractivity contribution in [2.24, 2.45) is 0 Å². The van der Waals surface area contributed by atoms with Gasteiger partial charge >= 0.3 is 5.97 Å². The summed E-state index contributed by atoms with van der Waals surface area (Å²) in [6.07, 6.45) is 1.84. The van der Waals surface area contributed by atoms with E-state index in [4.69, 9.17) is 9.47 Å². The second-order valence-corrected chi connectivity index (χ2v) is 4.22. The van der Waals surface area contributed by atoms with E-state index in [9.17, 15) is 4.79 Å². The molecule has 0 saturated heterocycles. The van der Waals surface area contributed by atoms with Crippen molar-refractivity contribution in [3.05, 3.63) is 65.2 Å². The van der Waals surface area contributed by atoms with Crippen molar-refractivity contribution >= 4 is 17.8 Å². The van der Waals surface area contributed by atoms with Crippen molar-refractivity contribution in [3.63, 3.8) is 0 Å². The molecule has 2 aromatic rings. The van der Waals surface area contributed by atoms with Gasteiger partial charge < -0.3 is 9.47 Å². The Kier molecular flexibility index (Phi) is 2.80. The number of esters is 1. The topological polar surface area (TPSA) is 35.5 Å². The molecule has 0 unspecified atom stereocenters. The Morgan fingerprint density at radius 3 is 2.63 bits per heavy atom. The molecular formula is C16H12O3. The Morgan fingerprint density at radius 2 is 1.84 bits per heavy atom. The van der Waals surface area contributed by atoms with E-state index in [1.54, 1.807) is 13.2 Å². The Morgan fingerprint density at radius 1 is 1.05 bits per heavy atom. The van der Waals surface area contributed by atoms with Crippen molar-refractivity contribution in [2.75, 3.05) is 7.11 Å². The number of cyclic esters (lactones) is 1. The van der Waals surface area contributed by atoms with Gasteiger partial charge in [-0.05, 0) is 29.8 Å². The highest BCUT2D eigenvalue weighted by Gasteiger charge is 2.25. The Hall–Kier alpha value is -2.55. The van der Waals surface area contributed by atoms with Gasteiger partial charge in [-0.3, -0.25) is 0 Å². The number of carbonyl (C=O) groups excluding carboxylic acids is 1. The summed E-state index contributed by atoms with van der Waals surface area (Å²) in [4.78, 5) is 11.7. The molecular weight excluding hydrogens is 240 g/mol. The minimum atomic E-state index is -0.301. The lowest BCUT2D eigenvalue weighted by Crippen LogP contribution is -1.92. The van der Waals surface area contributed by atoms with Crippen LogP contribution in [0.5, 0.6) is 5.75 Å². The molecule has 0 atom stereocenters. The summed E-state index contributed by atoms with van der Waals surface area (Å²) < 4.78 is 10.5. The van der Waals surface area contributed by atoms with Gasteiger partial charge in [-0.25, -0.2) is 4.79 Å². The van der Waals surface area contributed by atoms with Crippen LogP contribution in [0, 0.1) is 0 Å². The number of hydrogen-bond donors (Lipinski definition) is 0. The molecule has 0 aliphatic carbocycles. The molecule has 19 heavy (non-hydrogen) atoms. The van der Waals surface area contributed by atoms with Crippen LogP contribution in [0.25, 0.3) is 11.8 Å². The van der Waals surface area contributed by atoms with Crippen molar-refractivity contribution in [3.8, 4) is 5.75 Å². The predicted molar refractivity (Wildman–Crippen MR) is 72.7 cm³/mol. The average molecular weight is 252 g/mol. The summed E-state index contributed by atoms with van der Waals surface area (Å²) in [6, 6.07) is 15.0. The quantitative estimate of drug-likeness (QED) is 0.769. The zero-order valence-corrected chi connectivity index (χ0v) is 10.4. The van der Waals surface area contributed by atoms with Gasteiger partial charge in [-0.15, -0.1) is 0 Å². The first-order valence-electron chi connectivity index (χ1n) is 5.95. The molecule has 3 rings (SSSR count). The summed E-state index contributed by atoms with van der Waals surface area (Å²) in [7, 11) is 1.62. The maximum absolute atomic E-state index is 11.7. The molecule has 3 nitrogen and oxygen atoms in total. The third-order valence-corrected chi connectivity index (χ3v) is 3.01. The number of carbonyl (C=O) groups is 1.